The molecule has 2 heterocycles. The van der Waals surface area contributed by atoms with Gasteiger partial charge in [0, 0.05) is 24.6 Å². The Morgan fingerprint density at radius 1 is 1.30 bits per heavy atom. The van der Waals surface area contributed by atoms with Gasteiger partial charge in [0.25, 0.3) is 0 Å². The molecule has 0 spiro atoms. The van der Waals surface area contributed by atoms with Crippen LogP contribution in [0.1, 0.15) is 50.9 Å². The molecular formula is C15H26N4O. The van der Waals surface area contributed by atoms with E-state index in [1.54, 1.807) is 0 Å². The monoisotopic (exact) mass is 278 g/mol. The first-order valence-electron chi connectivity index (χ1n) is 7.58. The van der Waals surface area contributed by atoms with Crippen molar-refractivity contribution in [3.63, 3.8) is 0 Å². The second kappa shape index (κ2) is 6.88. The van der Waals surface area contributed by atoms with Crippen molar-refractivity contribution < 1.29 is 4.74 Å². The van der Waals surface area contributed by atoms with Crippen LogP contribution in [0, 0.1) is 6.92 Å². The molecule has 2 N–H and O–H groups in total. The minimum absolute atomic E-state index is 0.318. The molecule has 0 aliphatic carbocycles. The molecule has 1 aromatic heterocycles. The Morgan fingerprint density at radius 2 is 2.05 bits per heavy atom. The number of nitrogens with one attached hydrogen (secondary N) is 2. The van der Waals surface area contributed by atoms with Gasteiger partial charge in [0.2, 0.25) is 0 Å². The summed E-state index contributed by atoms with van der Waals surface area (Å²) < 4.78 is 5.42. The Kier molecular flexibility index (Phi) is 5.17. The zero-order valence-corrected chi connectivity index (χ0v) is 13.0. The fourth-order valence-corrected chi connectivity index (χ4v) is 2.19. The summed E-state index contributed by atoms with van der Waals surface area (Å²) in [6.45, 7) is 11.0. The molecule has 112 valence electrons. The summed E-state index contributed by atoms with van der Waals surface area (Å²) in [5, 5.41) is 6.91. The molecule has 1 saturated heterocycles. The molecule has 1 unspecified atom stereocenters. The summed E-state index contributed by atoms with van der Waals surface area (Å²) in [4.78, 5) is 9.34. The number of ether oxygens (including phenoxy) is 1. The molecule has 5 heteroatoms. The molecule has 20 heavy (non-hydrogen) atoms. The molecule has 1 aromatic rings. The summed E-state index contributed by atoms with van der Waals surface area (Å²) >= 11 is 0. The van der Waals surface area contributed by atoms with E-state index >= 15 is 0 Å². The van der Waals surface area contributed by atoms with E-state index in [4.69, 9.17) is 4.74 Å². The number of hydrogen-bond donors (Lipinski definition) is 2. The third-order valence-electron chi connectivity index (χ3n) is 3.49. The molecule has 0 aromatic carbocycles. The maximum atomic E-state index is 5.42. The van der Waals surface area contributed by atoms with Gasteiger partial charge in [-0.1, -0.05) is 20.8 Å². The van der Waals surface area contributed by atoms with E-state index in [1.165, 1.54) is 0 Å². The highest BCUT2D eigenvalue weighted by Crippen LogP contribution is 2.24. The van der Waals surface area contributed by atoms with Crippen LogP contribution >= 0.6 is 0 Å². The third-order valence-corrected chi connectivity index (χ3v) is 3.49. The highest BCUT2D eigenvalue weighted by molar-refractivity contribution is 5.57. The van der Waals surface area contributed by atoms with E-state index in [1.807, 2.05) is 0 Å². The fraction of sp³-hybridized carbons (Fsp3) is 0.733. The van der Waals surface area contributed by atoms with E-state index in [9.17, 15) is 0 Å². The Morgan fingerprint density at radius 3 is 2.65 bits per heavy atom. The predicted octanol–water partition coefficient (Wildman–Crippen LogP) is 2.93. The molecule has 1 aliphatic heterocycles. The van der Waals surface area contributed by atoms with Crippen LogP contribution in [-0.4, -0.2) is 35.8 Å². The van der Waals surface area contributed by atoms with E-state index < -0.39 is 0 Å². The minimum Gasteiger partial charge on any atom is -0.379 e. The highest BCUT2D eigenvalue weighted by atomic mass is 16.5. The average Bonchev–Trinajstić information content (AvgIpc) is 2.92. The van der Waals surface area contributed by atoms with Gasteiger partial charge in [0.15, 0.2) is 0 Å². The molecule has 0 amide bonds. The van der Waals surface area contributed by atoms with Crippen LogP contribution in [0.15, 0.2) is 0 Å². The van der Waals surface area contributed by atoms with Gasteiger partial charge >= 0.3 is 0 Å². The summed E-state index contributed by atoms with van der Waals surface area (Å²) in [5.41, 5.74) is 1.09. The van der Waals surface area contributed by atoms with E-state index in [0.29, 0.717) is 12.0 Å². The minimum atomic E-state index is 0.318. The molecule has 1 atom stereocenters. The van der Waals surface area contributed by atoms with Crippen molar-refractivity contribution in [2.45, 2.75) is 52.5 Å². The van der Waals surface area contributed by atoms with Gasteiger partial charge in [-0.05, 0) is 19.8 Å². The maximum absolute atomic E-state index is 5.42. The second-order valence-corrected chi connectivity index (χ2v) is 5.69. The van der Waals surface area contributed by atoms with Crippen molar-refractivity contribution in [1.29, 1.82) is 0 Å². The molecule has 2 rings (SSSR count). The Labute approximate surface area is 121 Å². The third kappa shape index (κ3) is 3.60. The highest BCUT2D eigenvalue weighted by Gasteiger charge is 2.19. The number of nitrogens with zero attached hydrogens (tertiary/aromatic N) is 2. The first kappa shape index (κ1) is 15.0. The summed E-state index contributed by atoms with van der Waals surface area (Å²) in [7, 11) is 0. The number of aromatic nitrogens is 2. The Hall–Kier alpha value is -1.36. The van der Waals surface area contributed by atoms with Crippen LogP contribution in [0.4, 0.5) is 11.6 Å². The average molecular weight is 278 g/mol. The fourth-order valence-electron chi connectivity index (χ4n) is 2.19. The summed E-state index contributed by atoms with van der Waals surface area (Å²) in [6, 6.07) is 0.364. The van der Waals surface area contributed by atoms with Gasteiger partial charge in [-0.15, -0.1) is 0 Å². The number of hydrogen-bond acceptors (Lipinski definition) is 5. The lowest BCUT2D eigenvalue weighted by atomic mass is 10.2. The van der Waals surface area contributed by atoms with Crippen molar-refractivity contribution in [3.8, 4) is 0 Å². The van der Waals surface area contributed by atoms with Crippen LogP contribution in [0.3, 0.4) is 0 Å². The molecule has 0 saturated carbocycles. The topological polar surface area (TPSA) is 59.1 Å². The zero-order chi connectivity index (χ0) is 14.5. The molecular weight excluding hydrogens is 252 g/mol. The quantitative estimate of drug-likeness (QED) is 0.838. The van der Waals surface area contributed by atoms with Crippen molar-refractivity contribution in [1.82, 2.24) is 9.97 Å². The van der Waals surface area contributed by atoms with Crippen LogP contribution < -0.4 is 10.6 Å². The SMILES string of the molecule is CCCNc1nc(C(C)C)nc(NC2CCOC2)c1C. The largest absolute Gasteiger partial charge is 0.379 e. The zero-order valence-electron chi connectivity index (χ0n) is 13.0. The maximum Gasteiger partial charge on any atom is 0.135 e. The standard InChI is InChI=1S/C15H26N4O/c1-5-7-16-14-11(4)15(17-12-6-8-20-9-12)19-13(18-14)10(2)3/h10,12H,5-9H2,1-4H3,(H2,16,17,18,19). The lowest BCUT2D eigenvalue weighted by Gasteiger charge is -2.18. The van der Waals surface area contributed by atoms with Crippen molar-refractivity contribution in [3.05, 3.63) is 11.4 Å². The van der Waals surface area contributed by atoms with Crippen LogP contribution in [0.25, 0.3) is 0 Å². The first-order chi connectivity index (χ1) is 9.61. The van der Waals surface area contributed by atoms with Gasteiger partial charge in [-0.2, -0.15) is 0 Å². The van der Waals surface area contributed by atoms with Gasteiger partial charge < -0.3 is 15.4 Å². The van der Waals surface area contributed by atoms with E-state index in [2.05, 4.69) is 48.3 Å². The first-order valence-corrected chi connectivity index (χ1v) is 7.58. The van der Waals surface area contributed by atoms with E-state index in [-0.39, 0.29) is 0 Å². The smallest absolute Gasteiger partial charge is 0.135 e. The Bertz CT molecular complexity index is 442. The van der Waals surface area contributed by atoms with Gasteiger partial charge in [-0.3, -0.25) is 0 Å². The van der Waals surface area contributed by atoms with Crippen molar-refractivity contribution in [2.75, 3.05) is 30.4 Å². The van der Waals surface area contributed by atoms with E-state index in [0.717, 1.165) is 55.6 Å². The van der Waals surface area contributed by atoms with Gasteiger partial charge in [0.05, 0.1) is 12.6 Å². The number of anilines is 2. The van der Waals surface area contributed by atoms with Crippen LogP contribution in [0.2, 0.25) is 0 Å². The summed E-state index contributed by atoms with van der Waals surface area (Å²) in [5.74, 6) is 3.10. The second-order valence-electron chi connectivity index (χ2n) is 5.69. The molecule has 0 radical (unpaired) electrons. The lowest BCUT2D eigenvalue weighted by molar-refractivity contribution is 0.195. The lowest BCUT2D eigenvalue weighted by Crippen LogP contribution is -2.22. The summed E-state index contributed by atoms with van der Waals surface area (Å²) in [6.07, 6.45) is 2.12. The number of rotatable bonds is 6. The van der Waals surface area contributed by atoms with Crippen LogP contribution in [0.5, 0.6) is 0 Å². The van der Waals surface area contributed by atoms with Crippen molar-refractivity contribution in [2.24, 2.45) is 0 Å². The molecule has 0 bridgehead atoms. The predicted molar refractivity (Wildman–Crippen MR) is 82.5 cm³/mol. The normalized spacial score (nSPS) is 18.6. The van der Waals surface area contributed by atoms with Crippen LogP contribution in [-0.2, 0) is 4.74 Å². The van der Waals surface area contributed by atoms with Crippen molar-refractivity contribution >= 4 is 11.6 Å². The molecule has 5 nitrogen and oxygen atoms in total. The molecule has 1 aliphatic rings. The Balaban J connectivity index is 2.24. The van der Waals surface area contributed by atoms with Gasteiger partial charge in [-0.25, -0.2) is 9.97 Å². The molecule has 1 fully saturated rings. The van der Waals surface area contributed by atoms with Gasteiger partial charge in [0.1, 0.15) is 17.5 Å².